The molecule has 1 amide bonds. The molecule has 20 heavy (non-hydrogen) atoms. The minimum Gasteiger partial charge on any atom is -0.351 e. The number of nitrogens with one attached hydrogen (secondary N) is 2. The van der Waals surface area contributed by atoms with Crippen LogP contribution in [0, 0.1) is 17.5 Å². The maximum absolute atomic E-state index is 13.3. The fraction of sp³-hybridized carbons (Fsp3) is 0.500. The van der Waals surface area contributed by atoms with Gasteiger partial charge in [-0.1, -0.05) is 0 Å². The minimum absolute atomic E-state index is 0.0279. The molecule has 112 valence electrons. The van der Waals surface area contributed by atoms with Crippen molar-refractivity contribution in [1.29, 1.82) is 0 Å². The van der Waals surface area contributed by atoms with Crippen molar-refractivity contribution >= 4 is 5.91 Å². The molecule has 0 saturated heterocycles. The predicted octanol–water partition coefficient (Wildman–Crippen LogP) is 2.50. The Hall–Kier alpha value is -1.56. The molecule has 0 aromatic heterocycles. The third-order valence-electron chi connectivity index (χ3n) is 2.45. The molecule has 0 atom stereocenters. The summed E-state index contributed by atoms with van der Waals surface area (Å²) in [6.07, 6.45) is 0.225. The summed E-state index contributed by atoms with van der Waals surface area (Å²) in [6, 6.07) is 1.32. The van der Waals surface area contributed by atoms with Gasteiger partial charge in [0.2, 0.25) is 5.91 Å². The zero-order valence-corrected chi connectivity index (χ0v) is 11.8. The summed E-state index contributed by atoms with van der Waals surface area (Å²) in [5.74, 6) is -3.24. The second kappa shape index (κ2) is 6.74. The Morgan fingerprint density at radius 2 is 1.70 bits per heavy atom. The maximum atomic E-state index is 13.3. The largest absolute Gasteiger partial charge is 0.351 e. The molecule has 0 unspecified atom stereocenters. The highest BCUT2D eigenvalue weighted by atomic mass is 19.2. The van der Waals surface area contributed by atoms with E-state index in [1.165, 1.54) is 0 Å². The molecule has 6 heteroatoms. The fourth-order valence-corrected chi connectivity index (χ4v) is 1.60. The molecule has 0 heterocycles. The highest BCUT2D eigenvalue weighted by molar-refractivity contribution is 5.76. The van der Waals surface area contributed by atoms with Crippen LogP contribution >= 0.6 is 0 Å². The highest BCUT2D eigenvalue weighted by Crippen LogP contribution is 2.13. The molecular weight excluding hydrogens is 269 g/mol. The smallest absolute Gasteiger partial charge is 0.221 e. The van der Waals surface area contributed by atoms with Crippen LogP contribution in [-0.4, -0.2) is 18.0 Å². The molecule has 2 N–H and O–H groups in total. The van der Waals surface area contributed by atoms with Gasteiger partial charge in [-0.2, -0.15) is 0 Å². The van der Waals surface area contributed by atoms with Gasteiger partial charge in [0.1, 0.15) is 5.82 Å². The van der Waals surface area contributed by atoms with Crippen molar-refractivity contribution in [3.63, 3.8) is 0 Å². The summed E-state index contributed by atoms with van der Waals surface area (Å²) >= 11 is 0. The number of benzene rings is 1. The lowest BCUT2D eigenvalue weighted by atomic mass is 10.1. The summed E-state index contributed by atoms with van der Waals surface area (Å²) < 4.78 is 39.0. The van der Waals surface area contributed by atoms with Crippen molar-refractivity contribution in [3.8, 4) is 0 Å². The van der Waals surface area contributed by atoms with Gasteiger partial charge >= 0.3 is 0 Å². The van der Waals surface area contributed by atoms with Crippen molar-refractivity contribution in [1.82, 2.24) is 10.6 Å². The zero-order chi connectivity index (χ0) is 15.3. The van der Waals surface area contributed by atoms with Crippen molar-refractivity contribution in [2.45, 2.75) is 39.3 Å². The van der Waals surface area contributed by atoms with Crippen LogP contribution in [0.2, 0.25) is 0 Å². The van der Waals surface area contributed by atoms with E-state index in [-0.39, 0.29) is 30.0 Å². The van der Waals surface area contributed by atoms with Crippen molar-refractivity contribution in [3.05, 3.63) is 35.1 Å². The number of amides is 1. The van der Waals surface area contributed by atoms with Crippen LogP contribution in [0.1, 0.15) is 32.8 Å². The van der Waals surface area contributed by atoms with Crippen molar-refractivity contribution in [2.75, 3.05) is 6.54 Å². The first-order valence-electron chi connectivity index (χ1n) is 6.34. The topological polar surface area (TPSA) is 41.1 Å². The van der Waals surface area contributed by atoms with E-state index < -0.39 is 17.5 Å². The number of hydrogen-bond donors (Lipinski definition) is 2. The van der Waals surface area contributed by atoms with E-state index in [0.29, 0.717) is 12.6 Å². The number of hydrogen-bond acceptors (Lipinski definition) is 2. The second-order valence-electron chi connectivity index (χ2n) is 5.58. The van der Waals surface area contributed by atoms with E-state index in [9.17, 15) is 18.0 Å². The normalized spacial score (nSPS) is 11.5. The number of carbonyl (C=O) groups is 1. The van der Waals surface area contributed by atoms with E-state index in [0.717, 1.165) is 6.07 Å². The van der Waals surface area contributed by atoms with Crippen LogP contribution in [0.4, 0.5) is 13.2 Å². The predicted molar refractivity (Wildman–Crippen MR) is 70.5 cm³/mol. The van der Waals surface area contributed by atoms with Crippen LogP contribution in [0.5, 0.6) is 0 Å². The molecule has 3 nitrogen and oxygen atoms in total. The summed E-state index contributed by atoms with van der Waals surface area (Å²) in [7, 11) is 0. The molecule has 0 aliphatic heterocycles. The monoisotopic (exact) mass is 288 g/mol. The Morgan fingerprint density at radius 3 is 2.30 bits per heavy atom. The van der Waals surface area contributed by atoms with E-state index in [1.54, 1.807) is 0 Å². The van der Waals surface area contributed by atoms with Gasteiger partial charge in [-0.15, -0.1) is 0 Å². The third kappa shape index (κ3) is 5.61. The Kier molecular flexibility index (Phi) is 5.56. The zero-order valence-electron chi connectivity index (χ0n) is 11.8. The SMILES string of the molecule is CC(C)(C)NC(=O)CCNCc1cc(F)c(F)cc1F. The average Bonchev–Trinajstić information content (AvgIpc) is 2.28. The molecule has 0 spiro atoms. The third-order valence-corrected chi connectivity index (χ3v) is 2.45. The van der Waals surface area contributed by atoms with Crippen LogP contribution in [0.15, 0.2) is 12.1 Å². The molecule has 0 bridgehead atoms. The van der Waals surface area contributed by atoms with Crippen LogP contribution in [0.25, 0.3) is 0 Å². The number of carbonyl (C=O) groups excluding carboxylic acids is 1. The molecule has 1 rings (SSSR count). The molecular formula is C14H19F3N2O. The van der Waals surface area contributed by atoms with Gasteiger partial charge in [0.25, 0.3) is 0 Å². The first-order valence-corrected chi connectivity index (χ1v) is 6.34. The quantitative estimate of drug-likeness (QED) is 0.645. The van der Waals surface area contributed by atoms with Gasteiger partial charge in [0, 0.05) is 36.7 Å². The van der Waals surface area contributed by atoms with E-state index in [1.807, 2.05) is 20.8 Å². The summed E-state index contributed by atoms with van der Waals surface area (Å²) in [5, 5.41) is 5.60. The maximum Gasteiger partial charge on any atom is 0.221 e. The number of halogens is 3. The lowest BCUT2D eigenvalue weighted by Crippen LogP contribution is -2.41. The van der Waals surface area contributed by atoms with Gasteiger partial charge in [-0.25, -0.2) is 13.2 Å². The molecule has 0 saturated carbocycles. The average molecular weight is 288 g/mol. The van der Waals surface area contributed by atoms with Gasteiger partial charge in [0.15, 0.2) is 11.6 Å². The molecule has 0 aliphatic carbocycles. The second-order valence-corrected chi connectivity index (χ2v) is 5.58. The van der Waals surface area contributed by atoms with E-state index in [2.05, 4.69) is 10.6 Å². The van der Waals surface area contributed by atoms with Gasteiger partial charge < -0.3 is 10.6 Å². The van der Waals surface area contributed by atoms with Crippen LogP contribution in [0.3, 0.4) is 0 Å². The van der Waals surface area contributed by atoms with Gasteiger partial charge in [0.05, 0.1) is 0 Å². The Labute approximate surface area is 116 Å². The van der Waals surface area contributed by atoms with Crippen molar-refractivity contribution < 1.29 is 18.0 Å². The Bertz CT molecular complexity index is 484. The standard InChI is InChI=1S/C14H19F3N2O/c1-14(2,3)19-13(20)4-5-18-8-9-6-11(16)12(17)7-10(9)15/h6-7,18H,4-5,8H2,1-3H3,(H,19,20). The fourth-order valence-electron chi connectivity index (χ4n) is 1.60. The van der Waals surface area contributed by atoms with Crippen LogP contribution in [-0.2, 0) is 11.3 Å². The molecule has 0 fully saturated rings. The van der Waals surface area contributed by atoms with Gasteiger partial charge in [-0.3, -0.25) is 4.79 Å². The van der Waals surface area contributed by atoms with Gasteiger partial charge in [-0.05, 0) is 26.8 Å². The lowest BCUT2D eigenvalue weighted by molar-refractivity contribution is -0.122. The molecule has 1 aromatic carbocycles. The Balaban J connectivity index is 2.38. The molecule has 0 radical (unpaired) electrons. The summed E-state index contributed by atoms with van der Waals surface area (Å²) in [5.41, 5.74) is -0.274. The summed E-state index contributed by atoms with van der Waals surface area (Å²) in [4.78, 5) is 11.5. The first kappa shape index (κ1) is 16.5. The highest BCUT2D eigenvalue weighted by Gasteiger charge is 2.13. The number of rotatable bonds is 5. The van der Waals surface area contributed by atoms with Crippen LogP contribution < -0.4 is 10.6 Å². The molecule has 0 aliphatic rings. The Morgan fingerprint density at radius 1 is 1.10 bits per heavy atom. The minimum atomic E-state index is -1.21. The molecule has 1 aromatic rings. The summed E-state index contributed by atoms with van der Waals surface area (Å²) in [6.45, 7) is 5.96. The van der Waals surface area contributed by atoms with E-state index >= 15 is 0 Å². The first-order chi connectivity index (χ1) is 9.19. The lowest BCUT2D eigenvalue weighted by Gasteiger charge is -2.20. The van der Waals surface area contributed by atoms with Crippen molar-refractivity contribution in [2.24, 2.45) is 0 Å². The van der Waals surface area contributed by atoms with E-state index in [4.69, 9.17) is 0 Å².